The summed E-state index contributed by atoms with van der Waals surface area (Å²) < 4.78 is 5.93. The van der Waals surface area contributed by atoms with E-state index in [1.165, 1.54) is 4.90 Å². The Bertz CT molecular complexity index is 1040. The number of hydrogen-bond donors (Lipinski definition) is 1. The van der Waals surface area contributed by atoms with E-state index in [0.29, 0.717) is 11.3 Å². The standard InChI is InChI=1S/C23H21NO4/c1-15(18-11-6-8-16-7-2-3-9-19(16)18)24(23(26)27)14-17-13-21(25)20-10-4-5-12-22(20)28-17/h2-12,15,17H,13-14H2,1H3,(H,26,27)/t15-,17-/m1/s1. The van der Waals surface area contributed by atoms with Crippen molar-refractivity contribution in [3.05, 3.63) is 77.9 Å². The number of Topliss-reactive ketones (excluding diaryl/α,β-unsaturated/α-hetero) is 1. The minimum absolute atomic E-state index is 0.0185. The molecule has 3 aromatic rings. The molecule has 28 heavy (non-hydrogen) atoms. The number of benzene rings is 3. The Morgan fingerprint density at radius 2 is 1.82 bits per heavy atom. The molecule has 0 bridgehead atoms. The molecule has 142 valence electrons. The molecule has 1 aliphatic heterocycles. The Morgan fingerprint density at radius 3 is 2.64 bits per heavy atom. The van der Waals surface area contributed by atoms with Crippen molar-refractivity contribution in [3.63, 3.8) is 0 Å². The lowest BCUT2D eigenvalue weighted by Gasteiger charge is -2.33. The Labute approximate surface area is 163 Å². The van der Waals surface area contributed by atoms with E-state index < -0.39 is 12.2 Å². The van der Waals surface area contributed by atoms with Crippen LogP contribution < -0.4 is 4.74 Å². The van der Waals surface area contributed by atoms with Gasteiger partial charge in [-0.2, -0.15) is 0 Å². The zero-order valence-electron chi connectivity index (χ0n) is 15.5. The van der Waals surface area contributed by atoms with Gasteiger partial charge < -0.3 is 9.84 Å². The minimum atomic E-state index is -1.03. The summed E-state index contributed by atoms with van der Waals surface area (Å²) in [5.74, 6) is 0.502. The van der Waals surface area contributed by atoms with Crippen molar-refractivity contribution in [1.29, 1.82) is 0 Å². The fourth-order valence-electron chi connectivity index (χ4n) is 3.84. The first-order valence-electron chi connectivity index (χ1n) is 9.30. The second-order valence-electron chi connectivity index (χ2n) is 7.04. The SMILES string of the molecule is C[C@H](c1cccc2ccccc12)N(C[C@H]1CC(=O)c2ccccc2O1)C(=O)O. The van der Waals surface area contributed by atoms with Crippen LogP contribution in [0.3, 0.4) is 0 Å². The molecule has 4 rings (SSSR count). The average Bonchev–Trinajstić information content (AvgIpc) is 2.71. The smallest absolute Gasteiger partial charge is 0.407 e. The molecular weight excluding hydrogens is 354 g/mol. The zero-order valence-corrected chi connectivity index (χ0v) is 15.5. The van der Waals surface area contributed by atoms with E-state index in [2.05, 4.69) is 0 Å². The van der Waals surface area contributed by atoms with Gasteiger partial charge in [0.25, 0.3) is 0 Å². The third kappa shape index (κ3) is 3.31. The molecule has 0 spiro atoms. The molecule has 0 saturated heterocycles. The van der Waals surface area contributed by atoms with Crippen LogP contribution in [0.1, 0.15) is 35.3 Å². The van der Waals surface area contributed by atoms with Crippen LogP contribution >= 0.6 is 0 Å². The maximum atomic E-state index is 12.4. The van der Waals surface area contributed by atoms with Crippen molar-refractivity contribution in [1.82, 2.24) is 4.90 Å². The van der Waals surface area contributed by atoms with Crippen LogP contribution in [-0.2, 0) is 0 Å². The van der Waals surface area contributed by atoms with E-state index in [-0.39, 0.29) is 24.8 Å². The number of fused-ring (bicyclic) bond motifs is 2. The number of carboxylic acid groups (broad SMARTS) is 1. The molecule has 0 aliphatic carbocycles. The molecule has 1 aliphatic rings. The average molecular weight is 375 g/mol. The van der Waals surface area contributed by atoms with E-state index in [1.807, 2.05) is 55.5 Å². The van der Waals surface area contributed by atoms with E-state index in [4.69, 9.17) is 4.74 Å². The first-order chi connectivity index (χ1) is 13.5. The highest BCUT2D eigenvalue weighted by Crippen LogP contribution is 2.31. The first kappa shape index (κ1) is 18.0. The fraction of sp³-hybridized carbons (Fsp3) is 0.217. The summed E-state index contributed by atoms with van der Waals surface area (Å²) in [7, 11) is 0. The lowest BCUT2D eigenvalue weighted by Crippen LogP contribution is -2.42. The van der Waals surface area contributed by atoms with E-state index in [0.717, 1.165) is 16.3 Å². The van der Waals surface area contributed by atoms with E-state index in [9.17, 15) is 14.7 Å². The molecular formula is C23H21NO4. The molecule has 1 amide bonds. The number of rotatable bonds is 4. The van der Waals surface area contributed by atoms with Crippen LogP contribution in [0.15, 0.2) is 66.7 Å². The number of ketones is 1. The predicted octanol–water partition coefficient (Wildman–Crippen LogP) is 4.91. The number of hydrogen-bond acceptors (Lipinski definition) is 3. The second-order valence-corrected chi connectivity index (χ2v) is 7.04. The second kappa shape index (κ2) is 7.35. The lowest BCUT2D eigenvalue weighted by molar-refractivity contribution is 0.0674. The Kier molecular flexibility index (Phi) is 4.74. The molecule has 3 aromatic carbocycles. The largest absolute Gasteiger partial charge is 0.487 e. The van der Waals surface area contributed by atoms with Gasteiger partial charge >= 0.3 is 6.09 Å². The molecule has 5 heteroatoms. The predicted molar refractivity (Wildman–Crippen MR) is 107 cm³/mol. The van der Waals surface area contributed by atoms with Gasteiger partial charge in [0, 0.05) is 6.42 Å². The Morgan fingerprint density at radius 1 is 1.11 bits per heavy atom. The summed E-state index contributed by atoms with van der Waals surface area (Å²) in [6.07, 6.45) is -1.37. The fourth-order valence-corrected chi connectivity index (χ4v) is 3.84. The summed E-state index contributed by atoms with van der Waals surface area (Å²) in [4.78, 5) is 25.8. The summed E-state index contributed by atoms with van der Waals surface area (Å²) in [5, 5.41) is 11.9. The third-order valence-corrected chi connectivity index (χ3v) is 5.28. The van der Waals surface area contributed by atoms with Gasteiger partial charge in [0.15, 0.2) is 5.78 Å². The van der Waals surface area contributed by atoms with Crippen LogP contribution in [0.4, 0.5) is 4.79 Å². The number of ether oxygens (including phenoxy) is 1. The van der Waals surface area contributed by atoms with E-state index in [1.54, 1.807) is 18.2 Å². The maximum Gasteiger partial charge on any atom is 0.407 e. The van der Waals surface area contributed by atoms with Crippen molar-refractivity contribution >= 4 is 22.6 Å². The molecule has 0 radical (unpaired) electrons. The van der Waals surface area contributed by atoms with Crippen LogP contribution in [0.5, 0.6) is 5.75 Å². The number of nitrogens with zero attached hydrogens (tertiary/aromatic N) is 1. The van der Waals surface area contributed by atoms with Crippen LogP contribution in [0.2, 0.25) is 0 Å². The van der Waals surface area contributed by atoms with Gasteiger partial charge in [-0.15, -0.1) is 0 Å². The molecule has 1 heterocycles. The Hall–Kier alpha value is -3.34. The Balaban J connectivity index is 1.61. The molecule has 0 unspecified atom stereocenters. The first-order valence-corrected chi connectivity index (χ1v) is 9.30. The minimum Gasteiger partial charge on any atom is -0.487 e. The molecule has 0 saturated carbocycles. The molecule has 0 aromatic heterocycles. The molecule has 5 nitrogen and oxygen atoms in total. The number of para-hydroxylation sites is 1. The van der Waals surface area contributed by atoms with Gasteiger partial charge in [0.2, 0.25) is 0 Å². The van der Waals surface area contributed by atoms with Crippen molar-refractivity contribution in [3.8, 4) is 5.75 Å². The van der Waals surface area contributed by atoms with Crippen LogP contribution in [-0.4, -0.2) is 34.5 Å². The van der Waals surface area contributed by atoms with Gasteiger partial charge in [-0.05, 0) is 35.4 Å². The maximum absolute atomic E-state index is 12.4. The summed E-state index contributed by atoms with van der Waals surface area (Å²) in [6.45, 7) is 1.99. The summed E-state index contributed by atoms with van der Waals surface area (Å²) >= 11 is 0. The summed E-state index contributed by atoms with van der Waals surface area (Å²) in [6, 6.07) is 20.5. The molecule has 2 atom stereocenters. The highest BCUT2D eigenvalue weighted by Gasteiger charge is 2.31. The van der Waals surface area contributed by atoms with Gasteiger partial charge in [0.05, 0.1) is 18.2 Å². The number of carbonyl (C=O) groups is 2. The van der Waals surface area contributed by atoms with Crippen LogP contribution in [0, 0.1) is 0 Å². The topological polar surface area (TPSA) is 66.8 Å². The van der Waals surface area contributed by atoms with Gasteiger partial charge in [-0.3, -0.25) is 9.69 Å². The quantitative estimate of drug-likeness (QED) is 0.703. The number of amides is 1. The third-order valence-electron chi connectivity index (χ3n) is 5.28. The van der Waals surface area contributed by atoms with Crippen LogP contribution in [0.25, 0.3) is 10.8 Å². The lowest BCUT2D eigenvalue weighted by atomic mass is 9.97. The highest BCUT2D eigenvalue weighted by atomic mass is 16.5. The normalized spacial score (nSPS) is 16.9. The van der Waals surface area contributed by atoms with Crippen molar-refractivity contribution in [2.45, 2.75) is 25.5 Å². The highest BCUT2D eigenvalue weighted by molar-refractivity contribution is 5.99. The number of carbonyl (C=O) groups excluding carboxylic acids is 1. The monoisotopic (exact) mass is 375 g/mol. The summed E-state index contributed by atoms with van der Waals surface area (Å²) in [5.41, 5.74) is 1.49. The van der Waals surface area contributed by atoms with E-state index >= 15 is 0 Å². The van der Waals surface area contributed by atoms with Gasteiger partial charge in [-0.25, -0.2) is 4.79 Å². The van der Waals surface area contributed by atoms with Gasteiger partial charge in [-0.1, -0.05) is 54.6 Å². The van der Waals surface area contributed by atoms with Crippen molar-refractivity contribution in [2.75, 3.05) is 6.54 Å². The molecule has 1 N–H and O–H groups in total. The molecule has 0 fully saturated rings. The zero-order chi connectivity index (χ0) is 19.7. The van der Waals surface area contributed by atoms with Crippen molar-refractivity contribution < 1.29 is 19.4 Å². The van der Waals surface area contributed by atoms with Gasteiger partial charge in [0.1, 0.15) is 11.9 Å². The van der Waals surface area contributed by atoms with Crippen molar-refractivity contribution in [2.24, 2.45) is 0 Å².